The van der Waals surface area contributed by atoms with Crippen LogP contribution in [0.3, 0.4) is 0 Å². The van der Waals surface area contributed by atoms with Crippen LogP contribution < -0.4 is 5.73 Å². The highest BCUT2D eigenvalue weighted by atomic mass is 16.4. The fourth-order valence-corrected chi connectivity index (χ4v) is 1.91. The summed E-state index contributed by atoms with van der Waals surface area (Å²) in [6.45, 7) is 2.32. The van der Waals surface area contributed by atoms with Crippen molar-refractivity contribution in [3.63, 3.8) is 0 Å². The number of amides is 3. The van der Waals surface area contributed by atoms with Gasteiger partial charge < -0.3 is 20.6 Å². The Hall–Kier alpha value is -1.79. The van der Waals surface area contributed by atoms with Crippen LogP contribution in [0, 0.1) is 5.92 Å². The number of piperidine rings is 1. The highest BCUT2D eigenvalue weighted by molar-refractivity contribution is 5.82. The second-order valence-electron chi connectivity index (χ2n) is 4.57. The van der Waals surface area contributed by atoms with Gasteiger partial charge in [0.25, 0.3) is 0 Å². The summed E-state index contributed by atoms with van der Waals surface area (Å²) in [5, 5.41) is 8.84. The lowest BCUT2D eigenvalue weighted by Gasteiger charge is -2.34. The quantitative estimate of drug-likeness (QED) is 0.724. The number of aliphatic carboxylic acids is 1. The molecule has 7 nitrogen and oxygen atoms in total. The normalized spacial score (nSPS) is 18.2. The third-order valence-corrected chi connectivity index (χ3v) is 3.41. The molecule has 18 heavy (non-hydrogen) atoms. The van der Waals surface area contributed by atoms with Gasteiger partial charge in [-0.25, -0.2) is 9.59 Å². The van der Waals surface area contributed by atoms with E-state index in [0.29, 0.717) is 25.9 Å². The molecule has 102 valence electrons. The molecule has 0 aromatic rings. The second kappa shape index (κ2) is 5.70. The Morgan fingerprint density at radius 2 is 1.83 bits per heavy atom. The SMILES string of the molecule is CC(C(=O)O)N(C)C(=O)N1CCC(C(N)=O)CC1. The van der Waals surface area contributed by atoms with E-state index >= 15 is 0 Å². The average molecular weight is 257 g/mol. The van der Waals surface area contributed by atoms with Crippen molar-refractivity contribution < 1.29 is 19.5 Å². The van der Waals surface area contributed by atoms with Crippen molar-refractivity contribution in [1.29, 1.82) is 0 Å². The summed E-state index contributed by atoms with van der Waals surface area (Å²) >= 11 is 0. The molecule has 1 aliphatic heterocycles. The molecule has 7 heteroatoms. The van der Waals surface area contributed by atoms with Gasteiger partial charge in [-0.3, -0.25) is 4.79 Å². The summed E-state index contributed by atoms with van der Waals surface area (Å²) in [6, 6.07) is -1.20. The first kappa shape index (κ1) is 14.3. The van der Waals surface area contributed by atoms with E-state index in [-0.39, 0.29) is 17.9 Å². The number of carbonyl (C=O) groups excluding carboxylic acids is 2. The van der Waals surface area contributed by atoms with E-state index in [0.717, 1.165) is 0 Å². The van der Waals surface area contributed by atoms with Gasteiger partial charge in [-0.2, -0.15) is 0 Å². The zero-order valence-corrected chi connectivity index (χ0v) is 10.6. The first-order valence-corrected chi connectivity index (χ1v) is 5.88. The van der Waals surface area contributed by atoms with Crippen molar-refractivity contribution in [3.05, 3.63) is 0 Å². The minimum Gasteiger partial charge on any atom is -0.480 e. The predicted octanol–water partition coefficient (Wildman–Crippen LogP) is -0.291. The highest BCUT2D eigenvalue weighted by Gasteiger charge is 2.30. The van der Waals surface area contributed by atoms with Crippen molar-refractivity contribution in [2.24, 2.45) is 11.7 Å². The summed E-state index contributed by atoms with van der Waals surface area (Å²) in [5.41, 5.74) is 5.21. The fourth-order valence-electron chi connectivity index (χ4n) is 1.91. The third kappa shape index (κ3) is 3.12. The van der Waals surface area contributed by atoms with Crippen molar-refractivity contribution >= 4 is 17.9 Å². The van der Waals surface area contributed by atoms with Crippen LogP contribution in [-0.4, -0.2) is 59.0 Å². The number of nitrogens with two attached hydrogens (primary N) is 1. The Labute approximate surface area is 106 Å². The van der Waals surface area contributed by atoms with Gasteiger partial charge in [-0.15, -0.1) is 0 Å². The van der Waals surface area contributed by atoms with Crippen molar-refractivity contribution in [2.75, 3.05) is 20.1 Å². The number of rotatable bonds is 3. The fraction of sp³-hybridized carbons (Fsp3) is 0.727. The van der Waals surface area contributed by atoms with Crippen LogP contribution >= 0.6 is 0 Å². The number of likely N-dealkylation sites (tertiary alicyclic amines) is 1. The van der Waals surface area contributed by atoms with Crippen LogP contribution in [0.15, 0.2) is 0 Å². The number of urea groups is 1. The summed E-state index contributed by atoms with van der Waals surface area (Å²) in [4.78, 5) is 36.5. The minimum atomic E-state index is -1.04. The van der Waals surface area contributed by atoms with E-state index in [1.165, 1.54) is 18.9 Å². The molecular weight excluding hydrogens is 238 g/mol. The first-order valence-electron chi connectivity index (χ1n) is 5.88. The minimum absolute atomic E-state index is 0.184. The number of carboxylic acid groups (broad SMARTS) is 1. The van der Waals surface area contributed by atoms with E-state index in [9.17, 15) is 14.4 Å². The van der Waals surface area contributed by atoms with Crippen LogP contribution in [0.25, 0.3) is 0 Å². The van der Waals surface area contributed by atoms with Crippen molar-refractivity contribution in [2.45, 2.75) is 25.8 Å². The number of primary amides is 1. The first-order chi connectivity index (χ1) is 8.34. The molecule has 0 saturated carbocycles. The molecule has 0 aromatic heterocycles. The average Bonchev–Trinajstić information content (AvgIpc) is 2.36. The van der Waals surface area contributed by atoms with Crippen LogP contribution in [-0.2, 0) is 9.59 Å². The van der Waals surface area contributed by atoms with Crippen LogP contribution in [0.2, 0.25) is 0 Å². The maximum atomic E-state index is 12.0. The lowest BCUT2D eigenvalue weighted by molar-refractivity contribution is -0.141. The number of likely N-dealkylation sites (N-methyl/N-ethyl adjacent to an activating group) is 1. The number of hydrogen-bond acceptors (Lipinski definition) is 3. The van der Waals surface area contributed by atoms with Gasteiger partial charge in [0.2, 0.25) is 5.91 Å². The molecule has 3 N–H and O–H groups in total. The van der Waals surface area contributed by atoms with Gasteiger partial charge in [0.15, 0.2) is 0 Å². The van der Waals surface area contributed by atoms with Gasteiger partial charge >= 0.3 is 12.0 Å². The number of nitrogens with zero attached hydrogens (tertiary/aromatic N) is 2. The standard InChI is InChI=1S/C11H19N3O4/c1-7(10(16)17)13(2)11(18)14-5-3-8(4-6-14)9(12)15/h7-8H,3-6H2,1-2H3,(H2,12,15)(H,16,17). The van der Waals surface area contributed by atoms with E-state index in [1.54, 1.807) is 4.90 Å². The van der Waals surface area contributed by atoms with Crippen LogP contribution in [0.1, 0.15) is 19.8 Å². The molecule has 1 saturated heterocycles. The summed E-state index contributed by atoms with van der Waals surface area (Å²) in [7, 11) is 1.46. The molecule has 1 aliphatic rings. The van der Waals surface area contributed by atoms with E-state index < -0.39 is 12.0 Å². The summed E-state index contributed by atoms with van der Waals surface area (Å²) < 4.78 is 0. The number of carbonyl (C=O) groups is 3. The molecular formula is C11H19N3O4. The van der Waals surface area contributed by atoms with Crippen LogP contribution in [0.5, 0.6) is 0 Å². The van der Waals surface area contributed by atoms with Gasteiger partial charge in [-0.1, -0.05) is 0 Å². The summed E-state index contributed by atoms with van der Waals surface area (Å²) in [5.74, 6) is -1.57. The molecule has 1 atom stereocenters. The second-order valence-corrected chi connectivity index (χ2v) is 4.57. The zero-order valence-electron chi connectivity index (χ0n) is 10.6. The van der Waals surface area contributed by atoms with E-state index in [4.69, 9.17) is 10.8 Å². The molecule has 0 spiro atoms. The highest BCUT2D eigenvalue weighted by Crippen LogP contribution is 2.18. The van der Waals surface area contributed by atoms with Crippen LogP contribution in [0.4, 0.5) is 4.79 Å². The van der Waals surface area contributed by atoms with Crippen molar-refractivity contribution in [1.82, 2.24) is 9.80 Å². The van der Waals surface area contributed by atoms with Gasteiger partial charge in [0.1, 0.15) is 6.04 Å². The Bertz CT molecular complexity index is 350. The lowest BCUT2D eigenvalue weighted by Crippen LogP contribution is -2.50. The van der Waals surface area contributed by atoms with E-state index in [2.05, 4.69) is 0 Å². The van der Waals surface area contributed by atoms with Crippen molar-refractivity contribution in [3.8, 4) is 0 Å². The molecule has 0 bridgehead atoms. The van der Waals surface area contributed by atoms with Gasteiger partial charge in [0.05, 0.1) is 0 Å². The third-order valence-electron chi connectivity index (χ3n) is 3.41. The Balaban J connectivity index is 2.54. The molecule has 3 amide bonds. The molecule has 1 rings (SSSR count). The van der Waals surface area contributed by atoms with E-state index in [1.807, 2.05) is 0 Å². The Kier molecular flexibility index (Phi) is 4.52. The number of carboxylic acids is 1. The number of hydrogen-bond donors (Lipinski definition) is 2. The molecule has 1 fully saturated rings. The molecule has 1 heterocycles. The molecule has 0 aliphatic carbocycles. The monoisotopic (exact) mass is 257 g/mol. The smallest absolute Gasteiger partial charge is 0.326 e. The molecule has 0 radical (unpaired) electrons. The Morgan fingerprint density at radius 1 is 1.33 bits per heavy atom. The Morgan fingerprint density at radius 3 is 2.22 bits per heavy atom. The maximum absolute atomic E-state index is 12.0. The molecule has 0 aromatic carbocycles. The largest absolute Gasteiger partial charge is 0.480 e. The maximum Gasteiger partial charge on any atom is 0.326 e. The zero-order chi connectivity index (χ0) is 13.9. The lowest BCUT2D eigenvalue weighted by atomic mass is 9.96. The van der Waals surface area contributed by atoms with Gasteiger partial charge in [0, 0.05) is 26.1 Å². The topological polar surface area (TPSA) is 104 Å². The predicted molar refractivity (Wildman–Crippen MR) is 63.7 cm³/mol. The van der Waals surface area contributed by atoms with Gasteiger partial charge in [-0.05, 0) is 19.8 Å². The summed E-state index contributed by atoms with van der Waals surface area (Å²) in [6.07, 6.45) is 1.08. The molecule has 1 unspecified atom stereocenters.